The predicted octanol–water partition coefficient (Wildman–Crippen LogP) is 2.69. The SMILES string of the molecule is Nc1cccc(C/C(=N\O)c2ccccc2)c1. The van der Waals surface area contributed by atoms with E-state index < -0.39 is 0 Å². The lowest BCUT2D eigenvalue weighted by Gasteiger charge is -2.05. The molecule has 2 rings (SSSR count). The van der Waals surface area contributed by atoms with E-state index >= 15 is 0 Å². The van der Waals surface area contributed by atoms with Gasteiger partial charge in [-0.25, -0.2) is 0 Å². The standard InChI is InChI=1S/C14H14N2O/c15-13-8-4-5-11(9-13)10-14(16-17)12-6-2-1-3-7-12/h1-9,17H,10,15H2/b16-14+. The maximum Gasteiger partial charge on any atom is 0.0911 e. The highest BCUT2D eigenvalue weighted by molar-refractivity contribution is 6.01. The summed E-state index contributed by atoms with van der Waals surface area (Å²) in [5, 5.41) is 12.4. The highest BCUT2D eigenvalue weighted by atomic mass is 16.4. The van der Waals surface area contributed by atoms with Gasteiger partial charge in [0.1, 0.15) is 0 Å². The van der Waals surface area contributed by atoms with E-state index in [-0.39, 0.29) is 0 Å². The molecule has 2 aromatic rings. The first-order valence-corrected chi connectivity index (χ1v) is 5.40. The Morgan fingerprint density at radius 3 is 2.47 bits per heavy atom. The smallest absolute Gasteiger partial charge is 0.0911 e. The molecule has 17 heavy (non-hydrogen) atoms. The van der Waals surface area contributed by atoms with Crippen LogP contribution in [0.5, 0.6) is 0 Å². The van der Waals surface area contributed by atoms with E-state index in [2.05, 4.69) is 5.16 Å². The largest absolute Gasteiger partial charge is 0.411 e. The van der Waals surface area contributed by atoms with Crippen molar-refractivity contribution in [1.29, 1.82) is 0 Å². The van der Waals surface area contributed by atoms with Crippen LogP contribution in [0.3, 0.4) is 0 Å². The van der Waals surface area contributed by atoms with Gasteiger partial charge in [-0.1, -0.05) is 47.6 Å². The first-order chi connectivity index (χ1) is 8.29. The molecular formula is C14H14N2O. The molecule has 3 heteroatoms. The number of oxime groups is 1. The number of nitrogens with two attached hydrogens (primary N) is 1. The summed E-state index contributed by atoms with van der Waals surface area (Å²) in [5.41, 5.74) is 9.01. The lowest BCUT2D eigenvalue weighted by Crippen LogP contribution is -2.05. The molecule has 0 aliphatic heterocycles. The van der Waals surface area contributed by atoms with Gasteiger partial charge in [0.15, 0.2) is 0 Å². The third kappa shape index (κ3) is 2.84. The molecule has 0 unspecified atom stereocenters. The van der Waals surface area contributed by atoms with Gasteiger partial charge in [-0.05, 0) is 23.3 Å². The van der Waals surface area contributed by atoms with Crippen LogP contribution < -0.4 is 5.73 Å². The van der Waals surface area contributed by atoms with E-state index in [1.54, 1.807) is 0 Å². The quantitative estimate of drug-likeness (QED) is 0.366. The fourth-order valence-corrected chi connectivity index (χ4v) is 1.72. The minimum atomic E-state index is 0.561. The second-order valence-corrected chi connectivity index (χ2v) is 3.83. The maximum atomic E-state index is 9.07. The van der Waals surface area contributed by atoms with Gasteiger partial charge in [0, 0.05) is 12.1 Å². The van der Waals surface area contributed by atoms with Crippen LogP contribution >= 0.6 is 0 Å². The Kier molecular flexibility index (Phi) is 3.40. The molecule has 0 fully saturated rings. The average Bonchev–Trinajstić information content (AvgIpc) is 2.37. The number of hydrogen-bond donors (Lipinski definition) is 2. The van der Waals surface area contributed by atoms with Crippen molar-refractivity contribution in [3.05, 3.63) is 65.7 Å². The number of anilines is 1. The topological polar surface area (TPSA) is 58.6 Å². The van der Waals surface area contributed by atoms with Crippen LogP contribution in [-0.2, 0) is 6.42 Å². The highest BCUT2D eigenvalue weighted by Gasteiger charge is 2.05. The zero-order valence-corrected chi connectivity index (χ0v) is 9.38. The summed E-state index contributed by atoms with van der Waals surface area (Å²) in [5.74, 6) is 0. The van der Waals surface area contributed by atoms with Crippen LogP contribution in [-0.4, -0.2) is 10.9 Å². The van der Waals surface area contributed by atoms with Gasteiger partial charge in [-0.3, -0.25) is 0 Å². The van der Waals surface area contributed by atoms with Gasteiger partial charge in [-0.15, -0.1) is 0 Å². The third-order valence-corrected chi connectivity index (χ3v) is 2.55. The van der Waals surface area contributed by atoms with Crippen LogP contribution in [0.15, 0.2) is 59.8 Å². The molecular weight excluding hydrogens is 212 g/mol. The Morgan fingerprint density at radius 1 is 1.06 bits per heavy atom. The molecule has 0 atom stereocenters. The van der Waals surface area contributed by atoms with Crippen molar-refractivity contribution < 1.29 is 5.21 Å². The summed E-state index contributed by atoms with van der Waals surface area (Å²) in [7, 11) is 0. The lowest BCUT2D eigenvalue weighted by molar-refractivity contribution is 0.318. The van der Waals surface area contributed by atoms with Gasteiger partial charge >= 0.3 is 0 Å². The molecule has 0 heterocycles. The minimum absolute atomic E-state index is 0.561. The van der Waals surface area contributed by atoms with Gasteiger partial charge in [0.05, 0.1) is 5.71 Å². The molecule has 0 saturated carbocycles. The Hall–Kier alpha value is -2.29. The van der Waals surface area contributed by atoms with Crippen molar-refractivity contribution in [2.45, 2.75) is 6.42 Å². The normalized spacial score (nSPS) is 11.4. The molecule has 0 bridgehead atoms. The molecule has 3 N–H and O–H groups in total. The van der Waals surface area contributed by atoms with Crippen molar-refractivity contribution in [3.8, 4) is 0 Å². The molecule has 0 spiro atoms. The average molecular weight is 226 g/mol. The van der Waals surface area contributed by atoms with Gasteiger partial charge in [-0.2, -0.15) is 0 Å². The van der Waals surface area contributed by atoms with Crippen LogP contribution in [0.25, 0.3) is 0 Å². The van der Waals surface area contributed by atoms with Gasteiger partial charge in [0.25, 0.3) is 0 Å². The second-order valence-electron chi connectivity index (χ2n) is 3.83. The summed E-state index contributed by atoms with van der Waals surface area (Å²) in [6, 6.07) is 17.2. The van der Waals surface area contributed by atoms with Crippen molar-refractivity contribution in [2.75, 3.05) is 5.73 Å². The monoisotopic (exact) mass is 226 g/mol. The van der Waals surface area contributed by atoms with Crippen LogP contribution in [0.1, 0.15) is 11.1 Å². The molecule has 0 aromatic heterocycles. The molecule has 2 aromatic carbocycles. The number of benzene rings is 2. The molecule has 0 aliphatic carbocycles. The van der Waals surface area contributed by atoms with E-state index in [9.17, 15) is 0 Å². The summed E-state index contributed by atoms with van der Waals surface area (Å²) in [4.78, 5) is 0. The summed E-state index contributed by atoms with van der Waals surface area (Å²) in [6.07, 6.45) is 0.561. The molecule has 86 valence electrons. The number of hydrogen-bond acceptors (Lipinski definition) is 3. The van der Waals surface area contributed by atoms with E-state index in [1.165, 1.54) is 0 Å². The van der Waals surface area contributed by atoms with E-state index in [0.717, 1.165) is 11.1 Å². The maximum absolute atomic E-state index is 9.07. The second kappa shape index (κ2) is 5.16. The van der Waals surface area contributed by atoms with Crippen molar-refractivity contribution >= 4 is 11.4 Å². The number of rotatable bonds is 3. The Morgan fingerprint density at radius 2 is 1.82 bits per heavy atom. The van der Waals surface area contributed by atoms with Crippen molar-refractivity contribution in [1.82, 2.24) is 0 Å². The first kappa shape index (κ1) is 11.2. The van der Waals surface area contributed by atoms with Gasteiger partial charge < -0.3 is 10.9 Å². The third-order valence-electron chi connectivity index (χ3n) is 2.55. The Labute approximate surface area is 100 Å². The number of nitrogens with zero attached hydrogens (tertiary/aromatic N) is 1. The lowest BCUT2D eigenvalue weighted by atomic mass is 10.0. The van der Waals surface area contributed by atoms with Crippen LogP contribution in [0, 0.1) is 0 Å². The summed E-state index contributed by atoms with van der Waals surface area (Å²) in [6.45, 7) is 0. The van der Waals surface area contributed by atoms with Crippen LogP contribution in [0.4, 0.5) is 5.69 Å². The fourth-order valence-electron chi connectivity index (χ4n) is 1.72. The molecule has 3 nitrogen and oxygen atoms in total. The fraction of sp³-hybridized carbons (Fsp3) is 0.0714. The molecule has 0 radical (unpaired) electrons. The number of nitrogen functional groups attached to an aromatic ring is 1. The predicted molar refractivity (Wildman–Crippen MR) is 69.3 cm³/mol. The summed E-state index contributed by atoms with van der Waals surface area (Å²) >= 11 is 0. The Balaban J connectivity index is 2.23. The minimum Gasteiger partial charge on any atom is -0.411 e. The summed E-state index contributed by atoms with van der Waals surface area (Å²) < 4.78 is 0. The zero-order chi connectivity index (χ0) is 12.1. The zero-order valence-electron chi connectivity index (χ0n) is 9.38. The van der Waals surface area contributed by atoms with Gasteiger partial charge in [0.2, 0.25) is 0 Å². The molecule has 0 amide bonds. The van der Waals surface area contributed by atoms with Crippen molar-refractivity contribution in [3.63, 3.8) is 0 Å². The first-order valence-electron chi connectivity index (χ1n) is 5.40. The Bertz CT molecular complexity index is 521. The van der Waals surface area contributed by atoms with Crippen LogP contribution in [0.2, 0.25) is 0 Å². The molecule has 0 aliphatic rings. The van der Waals surface area contributed by atoms with E-state index in [0.29, 0.717) is 17.8 Å². The highest BCUT2D eigenvalue weighted by Crippen LogP contribution is 2.11. The van der Waals surface area contributed by atoms with E-state index in [1.807, 2.05) is 54.6 Å². The van der Waals surface area contributed by atoms with E-state index in [4.69, 9.17) is 10.9 Å². The van der Waals surface area contributed by atoms with Crippen molar-refractivity contribution in [2.24, 2.45) is 5.16 Å². The molecule has 0 saturated heterocycles.